The van der Waals surface area contributed by atoms with E-state index in [2.05, 4.69) is 10.6 Å². The van der Waals surface area contributed by atoms with E-state index in [4.69, 9.17) is 20.6 Å². The monoisotopic (exact) mass is 408 g/mol. The Kier molecular flexibility index (Phi) is 7.45. The number of carbonyl (C=O) groups is 1. The van der Waals surface area contributed by atoms with Crippen molar-refractivity contribution in [3.8, 4) is 5.75 Å². The van der Waals surface area contributed by atoms with Crippen LogP contribution in [0.25, 0.3) is 6.08 Å². The molecule has 0 aliphatic carbocycles. The summed E-state index contributed by atoms with van der Waals surface area (Å²) in [6.07, 6.45) is 5.77. The molecule has 30 heavy (non-hydrogen) atoms. The van der Waals surface area contributed by atoms with Gasteiger partial charge in [0.25, 0.3) is 0 Å². The molecule has 1 heterocycles. The van der Waals surface area contributed by atoms with Gasteiger partial charge in [-0.25, -0.2) is 4.79 Å². The van der Waals surface area contributed by atoms with Gasteiger partial charge in [-0.2, -0.15) is 0 Å². The number of methoxy groups -OCH3 is 1. The predicted molar refractivity (Wildman–Crippen MR) is 119 cm³/mol. The van der Waals surface area contributed by atoms with Crippen molar-refractivity contribution in [1.82, 2.24) is 5.32 Å². The molecule has 0 atom stereocenters. The molecule has 0 saturated carbocycles. The maximum absolute atomic E-state index is 12.4. The minimum atomic E-state index is -0.430. The lowest BCUT2D eigenvalue weighted by Gasteiger charge is -2.25. The summed E-state index contributed by atoms with van der Waals surface area (Å²) in [5, 5.41) is 14.1. The second-order valence-electron chi connectivity index (χ2n) is 7.06. The van der Waals surface area contributed by atoms with Gasteiger partial charge in [0.05, 0.1) is 12.8 Å². The van der Waals surface area contributed by atoms with Gasteiger partial charge in [-0.05, 0) is 49.7 Å². The van der Waals surface area contributed by atoms with Crippen LogP contribution < -0.4 is 21.1 Å². The molecule has 0 unspecified atom stereocenters. The van der Waals surface area contributed by atoms with E-state index in [1.165, 1.54) is 7.11 Å². The average molecular weight is 409 g/mol. The Morgan fingerprint density at radius 3 is 2.77 bits per heavy atom. The topological polar surface area (TPSA) is 109 Å². The summed E-state index contributed by atoms with van der Waals surface area (Å²) in [5.74, 6) is 0.147. The van der Waals surface area contributed by atoms with Gasteiger partial charge in [0, 0.05) is 12.1 Å². The third-order valence-corrected chi connectivity index (χ3v) is 4.91. The van der Waals surface area contributed by atoms with Gasteiger partial charge in [-0.3, -0.25) is 5.41 Å². The zero-order chi connectivity index (χ0) is 21.3. The fourth-order valence-corrected chi connectivity index (χ4v) is 3.36. The minimum Gasteiger partial charge on any atom is -0.489 e. The number of nitrogens with two attached hydrogens (primary N) is 1. The molecule has 1 aliphatic rings. The first-order valence-electron chi connectivity index (χ1n) is 10.0. The number of ether oxygens (including phenoxy) is 2. The van der Waals surface area contributed by atoms with Gasteiger partial charge in [0.1, 0.15) is 23.3 Å². The van der Waals surface area contributed by atoms with Crippen LogP contribution in [0, 0.1) is 5.41 Å². The van der Waals surface area contributed by atoms with Crippen LogP contribution in [0.5, 0.6) is 5.75 Å². The normalized spacial score (nSPS) is 14.4. The molecule has 0 spiro atoms. The van der Waals surface area contributed by atoms with Crippen molar-refractivity contribution in [3.63, 3.8) is 0 Å². The molecule has 1 saturated heterocycles. The summed E-state index contributed by atoms with van der Waals surface area (Å²) in [5.41, 5.74) is 8.24. The van der Waals surface area contributed by atoms with Crippen LogP contribution >= 0.6 is 0 Å². The third-order valence-electron chi connectivity index (χ3n) is 4.91. The Labute approximate surface area is 176 Å². The highest BCUT2D eigenvalue weighted by Gasteiger charge is 2.22. The van der Waals surface area contributed by atoms with Gasteiger partial charge in [-0.1, -0.05) is 36.4 Å². The Morgan fingerprint density at radius 1 is 1.27 bits per heavy atom. The van der Waals surface area contributed by atoms with Crippen LogP contribution in [0.15, 0.2) is 48.5 Å². The zero-order valence-electron chi connectivity index (χ0n) is 17.1. The van der Waals surface area contributed by atoms with Crippen molar-refractivity contribution >= 4 is 23.6 Å². The summed E-state index contributed by atoms with van der Waals surface area (Å²) >= 11 is 0. The number of amidine groups is 1. The molecular weight excluding hydrogens is 380 g/mol. The van der Waals surface area contributed by atoms with Crippen LogP contribution in [0.2, 0.25) is 0 Å². The van der Waals surface area contributed by atoms with E-state index in [1.807, 2.05) is 48.6 Å². The maximum atomic E-state index is 12.4. The van der Waals surface area contributed by atoms with Crippen molar-refractivity contribution in [3.05, 3.63) is 65.2 Å². The van der Waals surface area contributed by atoms with Crippen molar-refractivity contribution in [2.24, 2.45) is 5.73 Å². The number of hydrogen-bond donors (Lipinski definition) is 4. The lowest BCUT2D eigenvalue weighted by Crippen LogP contribution is -2.34. The molecule has 0 radical (unpaired) electrons. The quantitative estimate of drug-likeness (QED) is 0.304. The van der Waals surface area contributed by atoms with E-state index in [0.29, 0.717) is 29.1 Å². The fraction of sp³-hybridized carbons (Fsp3) is 0.304. The molecule has 5 N–H and O–H groups in total. The van der Waals surface area contributed by atoms with Gasteiger partial charge in [-0.15, -0.1) is 0 Å². The van der Waals surface area contributed by atoms with Crippen LogP contribution in [0.1, 0.15) is 34.3 Å². The zero-order valence-corrected chi connectivity index (χ0v) is 17.1. The number of nitrogen functional groups attached to an aromatic ring is 1. The molecule has 7 heteroatoms. The summed E-state index contributed by atoms with van der Waals surface area (Å²) < 4.78 is 11.1. The number of rotatable bonds is 8. The summed E-state index contributed by atoms with van der Waals surface area (Å²) in [6.45, 7) is 2.32. The molecule has 0 amide bonds. The summed E-state index contributed by atoms with van der Waals surface area (Å²) in [6, 6.07) is 13.0. The molecule has 0 aromatic heterocycles. The van der Waals surface area contributed by atoms with Crippen molar-refractivity contribution in [2.75, 3.05) is 32.1 Å². The van der Waals surface area contributed by atoms with E-state index in [-0.39, 0.29) is 11.9 Å². The first-order chi connectivity index (χ1) is 14.6. The molecule has 158 valence electrons. The first kappa shape index (κ1) is 21.4. The van der Waals surface area contributed by atoms with Crippen LogP contribution in [-0.2, 0) is 4.74 Å². The van der Waals surface area contributed by atoms with E-state index in [0.717, 1.165) is 31.5 Å². The molecule has 3 rings (SSSR count). The lowest BCUT2D eigenvalue weighted by atomic mass is 10.1. The Balaban J connectivity index is 1.71. The van der Waals surface area contributed by atoms with Crippen molar-refractivity contribution < 1.29 is 14.3 Å². The maximum Gasteiger partial charge on any atom is 0.343 e. The number of hydrogen-bond acceptors (Lipinski definition) is 6. The predicted octanol–water partition coefficient (Wildman–Crippen LogP) is 3.01. The van der Waals surface area contributed by atoms with E-state index in [9.17, 15) is 4.79 Å². The molecule has 1 fully saturated rings. The highest BCUT2D eigenvalue weighted by molar-refractivity contribution is 5.98. The Bertz CT molecular complexity index is 920. The van der Waals surface area contributed by atoms with Crippen molar-refractivity contribution in [1.29, 1.82) is 5.41 Å². The second-order valence-corrected chi connectivity index (χ2v) is 7.06. The van der Waals surface area contributed by atoms with Gasteiger partial charge < -0.3 is 25.8 Å². The highest BCUT2D eigenvalue weighted by Crippen LogP contribution is 2.29. The molecule has 1 aliphatic heterocycles. The number of nitrogens with one attached hydrogen (secondary N) is 3. The van der Waals surface area contributed by atoms with Gasteiger partial charge in [0.2, 0.25) is 0 Å². The van der Waals surface area contributed by atoms with Crippen LogP contribution in [0.4, 0.5) is 5.69 Å². The highest BCUT2D eigenvalue weighted by atomic mass is 16.5. The second kappa shape index (κ2) is 10.5. The summed E-state index contributed by atoms with van der Waals surface area (Å²) in [7, 11) is 1.37. The molecule has 0 bridgehead atoms. The number of carbonyl (C=O) groups excluding carboxylic acids is 1. The van der Waals surface area contributed by atoms with Crippen molar-refractivity contribution in [2.45, 2.75) is 18.9 Å². The van der Waals surface area contributed by atoms with E-state index >= 15 is 0 Å². The minimum absolute atomic E-state index is 0.0386. The van der Waals surface area contributed by atoms with Gasteiger partial charge >= 0.3 is 5.97 Å². The van der Waals surface area contributed by atoms with E-state index in [1.54, 1.807) is 6.07 Å². The number of anilines is 1. The van der Waals surface area contributed by atoms with Crippen LogP contribution in [0.3, 0.4) is 0 Å². The number of piperidine rings is 1. The first-order valence-corrected chi connectivity index (χ1v) is 10.0. The summed E-state index contributed by atoms with van der Waals surface area (Å²) in [4.78, 5) is 12.4. The van der Waals surface area contributed by atoms with Gasteiger partial charge in [0.15, 0.2) is 0 Å². The third kappa shape index (κ3) is 5.61. The smallest absolute Gasteiger partial charge is 0.343 e. The number of esters is 1. The standard InChI is InChI=1S/C23H28N4O3/c1-29-23(28)21-19(8-3-9-20(21)30-18-10-13-26-14-11-18)27-12-4-6-16-5-2-7-17(15-16)22(24)25/h2-9,15,18,26-27H,10-14H2,1H3,(H3,24,25)/b6-4+. The average Bonchev–Trinajstić information content (AvgIpc) is 2.77. The molecule has 7 nitrogen and oxygen atoms in total. The largest absolute Gasteiger partial charge is 0.489 e. The SMILES string of the molecule is COC(=O)c1c(NC/C=C/c2cccc(C(=N)N)c2)cccc1OC1CCNCC1. The fourth-order valence-electron chi connectivity index (χ4n) is 3.36. The Morgan fingerprint density at radius 2 is 2.03 bits per heavy atom. The molecule has 2 aromatic rings. The Hall–Kier alpha value is -3.32. The van der Waals surface area contributed by atoms with E-state index < -0.39 is 5.97 Å². The number of benzene rings is 2. The molecule has 2 aromatic carbocycles. The molecular formula is C23H28N4O3. The van der Waals surface area contributed by atoms with Crippen LogP contribution in [-0.4, -0.2) is 44.7 Å². The lowest BCUT2D eigenvalue weighted by molar-refractivity contribution is 0.0592.